The SMILES string of the molecule is Cc1c(N2c3ccccc3N(C(C)C)[C@H]2C)cc(C#N)cc1-[n+]1c(C)ccc2ccccc21. The number of rotatable bonds is 3. The van der Waals surface area contributed by atoms with Crippen molar-refractivity contribution in [1.82, 2.24) is 0 Å². The number of aromatic nitrogens is 1. The number of nitriles is 1. The van der Waals surface area contributed by atoms with E-state index in [2.05, 4.69) is 116 Å². The Hall–Kier alpha value is -3.84. The van der Waals surface area contributed by atoms with E-state index in [1.54, 1.807) is 0 Å². The van der Waals surface area contributed by atoms with Gasteiger partial charge in [-0.15, -0.1) is 0 Å². The summed E-state index contributed by atoms with van der Waals surface area (Å²) in [7, 11) is 0. The van der Waals surface area contributed by atoms with Crippen molar-refractivity contribution in [3.05, 3.63) is 89.6 Å². The van der Waals surface area contributed by atoms with Crippen molar-refractivity contribution < 1.29 is 4.57 Å². The molecule has 33 heavy (non-hydrogen) atoms. The first-order valence-electron chi connectivity index (χ1n) is 11.5. The monoisotopic (exact) mass is 433 g/mol. The molecule has 5 rings (SSSR count). The fourth-order valence-corrected chi connectivity index (χ4v) is 5.31. The molecule has 0 radical (unpaired) electrons. The third kappa shape index (κ3) is 3.24. The van der Waals surface area contributed by atoms with Gasteiger partial charge in [0, 0.05) is 42.1 Å². The van der Waals surface area contributed by atoms with Crippen molar-refractivity contribution in [3.63, 3.8) is 0 Å². The average molecular weight is 434 g/mol. The maximum atomic E-state index is 9.96. The lowest BCUT2D eigenvalue weighted by Crippen LogP contribution is -2.43. The number of nitrogens with zero attached hydrogens (tertiary/aromatic N) is 4. The lowest BCUT2D eigenvalue weighted by Gasteiger charge is -2.33. The first kappa shape index (κ1) is 21.0. The van der Waals surface area contributed by atoms with Gasteiger partial charge in [-0.05, 0) is 58.0 Å². The molecule has 0 saturated carbocycles. The Kier molecular flexibility index (Phi) is 5.06. The first-order valence-corrected chi connectivity index (χ1v) is 11.5. The summed E-state index contributed by atoms with van der Waals surface area (Å²) in [6, 6.07) is 28.1. The molecular formula is C29H29N4+. The highest BCUT2D eigenvalue weighted by atomic mass is 15.4. The molecule has 1 aromatic heterocycles. The Morgan fingerprint density at radius 1 is 0.879 bits per heavy atom. The summed E-state index contributed by atoms with van der Waals surface area (Å²) in [4.78, 5) is 4.83. The highest BCUT2D eigenvalue weighted by molar-refractivity contribution is 5.86. The van der Waals surface area contributed by atoms with Crippen LogP contribution in [-0.4, -0.2) is 12.2 Å². The van der Waals surface area contributed by atoms with E-state index in [4.69, 9.17) is 0 Å². The van der Waals surface area contributed by atoms with Gasteiger partial charge >= 0.3 is 0 Å². The standard InChI is InChI=1S/C29H29N4/c1-19(2)31-22(5)33(27-13-9-8-12-26(27)31)29-17-23(18-30)16-28(21(29)4)32-20(3)14-15-24-10-6-7-11-25(24)32/h6-17,19,22H,1-5H3/q+1/t22-/m1/s1. The Labute approximate surface area is 195 Å². The zero-order valence-electron chi connectivity index (χ0n) is 19.9. The van der Waals surface area contributed by atoms with Crippen LogP contribution in [-0.2, 0) is 0 Å². The Morgan fingerprint density at radius 3 is 2.30 bits per heavy atom. The minimum atomic E-state index is 0.140. The molecule has 3 aromatic carbocycles. The fraction of sp³-hybridized carbons (Fsp3) is 0.241. The number of fused-ring (bicyclic) bond motifs is 2. The van der Waals surface area contributed by atoms with Gasteiger partial charge in [0.1, 0.15) is 6.17 Å². The number of aryl methyl sites for hydroxylation is 1. The van der Waals surface area contributed by atoms with E-state index in [-0.39, 0.29) is 6.17 Å². The van der Waals surface area contributed by atoms with Crippen molar-refractivity contribution in [3.8, 4) is 11.8 Å². The molecule has 1 aliphatic heterocycles. The van der Waals surface area contributed by atoms with E-state index in [0.717, 1.165) is 28.1 Å². The Balaban J connectivity index is 1.79. The molecular weight excluding hydrogens is 404 g/mol. The maximum Gasteiger partial charge on any atom is 0.218 e. The van der Waals surface area contributed by atoms with Gasteiger partial charge in [0.25, 0.3) is 0 Å². The molecule has 0 aliphatic carbocycles. The molecule has 0 fully saturated rings. The number of benzene rings is 3. The third-order valence-electron chi connectivity index (χ3n) is 6.77. The van der Waals surface area contributed by atoms with Gasteiger partial charge in [-0.1, -0.05) is 24.3 Å². The quantitative estimate of drug-likeness (QED) is 0.355. The summed E-state index contributed by atoms with van der Waals surface area (Å²) in [6.45, 7) is 11.0. The molecule has 4 heteroatoms. The van der Waals surface area contributed by atoms with Gasteiger partial charge < -0.3 is 9.80 Å². The predicted octanol–water partition coefficient (Wildman–Crippen LogP) is 6.32. The number of anilines is 3. The normalized spacial score (nSPS) is 15.2. The molecule has 0 N–H and O–H groups in total. The lowest BCUT2D eigenvalue weighted by molar-refractivity contribution is -0.574. The third-order valence-corrected chi connectivity index (χ3v) is 6.77. The summed E-state index contributed by atoms with van der Waals surface area (Å²) < 4.78 is 2.28. The topological polar surface area (TPSA) is 34.1 Å². The number of hydrogen-bond acceptors (Lipinski definition) is 3. The first-order chi connectivity index (χ1) is 15.9. The second kappa shape index (κ2) is 7.94. The van der Waals surface area contributed by atoms with Gasteiger partial charge in [-0.2, -0.15) is 9.83 Å². The van der Waals surface area contributed by atoms with Gasteiger partial charge in [0.2, 0.25) is 11.2 Å². The smallest absolute Gasteiger partial charge is 0.218 e. The van der Waals surface area contributed by atoms with Crippen LogP contribution in [0.3, 0.4) is 0 Å². The van der Waals surface area contributed by atoms with Crippen LogP contribution in [0.4, 0.5) is 17.1 Å². The number of hydrogen-bond donors (Lipinski definition) is 0. The van der Waals surface area contributed by atoms with E-state index < -0.39 is 0 Å². The number of pyridine rings is 1. The van der Waals surface area contributed by atoms with Gasteiger partial charge in [0.05, 0.1) is 28.7 Å². The van der Waals surface area contributed by atoms with E-state index in [1.807, 2.05) is 12.1 Å². The van der Waals surface area contributed by atoms with Crippen LogP contribution in [0.2, 0.25) is 0 Å². The molecule has 4 aromatic rings. The highest BCUT2D eigenvalue weighted by Crippen LogP contribution is 2.46. The summed E-state index contributed by atoms with van der Waals surface area (Å²) in [5, 5.41) is 11.1. The molecule has 1 atom stereocenters. The van der Waals surface area contributed by atoms with E-state index in [9.17, 15) is 5.26 Å². The van der Waals surface area contributed by atoms with Crippen LogP contribution < -0.4 is 14.4 Å². The minimum Gasteiger partial charge on any atom is -0.347 e. The number of para-hydroxylation sites is 3. The van der Waals surface area contributed by atoms with E-state index in [1.165, 1.54) is 16.8 Å². The average Bonchev–Trinajstić information content (AvgIpc) is 3.11. The van der Waals surface area contributed by atoms with Crippen molar-refractivity contribution in [2.75, 3.05) is 9.80 Å². The molecule has 0 amide bonds. The van der Waals surface area contributed by atoms with Gasteiger partial charge in [-0.3, -0.25) is 0 Å². The van der Waals surface area contributed by atoms with E-state index in [0.29, 0.717) is 11.6 Å². The van der Waals surface area contributed by atoms with Crippen LogP contribution in [0.1, 0.15) is 37.6 Å². The largest absolute Gasteiger partial charge is 0.347 e. The lowest BCUT2D eigenvalue weighted by atomic mass is 10.0. The second-order valence-corrected chi connectivity index (χ2v) is 9.11. The molecule has 0 unspecified atom stereocenters. The molecule has 1 aliphatic rings. The Bertz CT molecular complexity index is 1410. The molecule has 0 bridgehead atoms. The maximum absolute atomic E-state index is 9.96. The zero-order chi connectivity index (χ0) is 23.3. The molecule has 2 heterocycles. The summed E-state index contributed by atoms with van der Waals surface area (Å²) in [5.74, 6) is 0. The second-order valence-electron chi connectivity index (χ2n) is 9.11. The molecule has 0 saturated heterocycles. The van der Waals surface area contributed by atoms with Crippen molar-refractivity contribution in [1.29, 1.82) is 5.26 Å². The molecule has 4 nitrogen and oxygen atoms in total. The Morgan fingerprint density at radius 2 is 1.58 bits per heavy atom. The van der Waals surface area contributed by atoms with E-state index >= 15 is 0 Å². The van der Waals surface area contributed by atoms with Gasteiger partial charge in [0.15, 0.2) is 5.69 Å². The summed E-state index contributed by atoms with van der Waals surface area (Å²) in [5.41, 5.74) is 8.64. The van der Waals surface area contributed by atoms with Crippen LogP contribution in [0.25, 0.3) is 16.6 Å². The molecule has 0 spiro atoms. The van der Waals surface area contributed by atoms with Crippen LogP contribution in [0.5, 0.6) is 0 Å². The minimum absolute atomic E-state index is 0.140. The summed E-state index contributed by atoms with van der Waals surface area (Å²) >= 11 is 0. The van der Waals surface area contributed by atoms with Crippen LogP contribution >= 0.6 is 0 Å². The van der Waals surface area contributed by atoms with Crippen LogP contribution in [0.15, 0.2) is 72.8 Å². The van der Waals surface area contributed by atoms with Crippen molar-refractivity contribution in [2.45, 2.75) is 46.8 Å². The van der Waals surface area contributed by atoms with Crippen molar-refractivity contribution >= 4 is 28.0 Å². The highest BCUT2D eigenvalue weighted by Gasteiger charge is 2.37. The molecule has 164 valence electrons. The van der Waals surface area contributed by atoms with Crippen molar-refractivity contribution in [2.24, 2.45) is 0 Å². The predicted molar refractivity (Wildman–Crippen MR) is 135 cm³/mol. The summed E-state index contributed by atoms with van der Waals surface area (Å²) in [6.07, 6.45) is 0.140. The zero-order valence-corrected chi connectivity index (χ0v) is 19.9. The van der Waals surface area contributed by atoms with Crippen LogP contribution in [0, 0.1) is 25.2 Å². The van der Waals surface area contributed by atoms with Gasteiger partial charge in [-0.25, -0.2) is 0 Å². The fourth-order valence-electron chi connectivity index (χ4n) is 5.31.